The molecule has 1 amide bonds. The summed E-state index contributed by atoms with van der Waals surface area (Å²) >= 11 is 0. The number of hydrogen-bond donors (Lipinski definition) is 0. The first-order valence-corrected chi connectivity index (χ1v) is 14.6. The Hall–Kier alpha value is -3.13. The Balaban J connectivity index is 1.50. The summed E-state index contributed by atoms with van der Waals surface area (Å²) < 4.78 is 28.1. The second-order valence-corrected chi connectivity index (χ2v) is 11.1. The van der Waals surface area contributed by atoms with Crippen LogP contribution in [0.5, 0.6) is 23.0 Å². The fourth-order valence-electron chi connectivity index (χ4n) is 7.25. The highest BCUT2D eigenvalue weighted by molar-refractivity contribution is 5.69. The van der Waals surface area contributed by atoms with Crippen LogP contribution in [0.25, 0.3) is 0 Å². The van der Waals surface area contributed by atoms with Crippen molar-refractivity contribution in [2.75, 3.05) is 54.7 Å². The molecule has 1 saturated heterocycles. The molecule has 0 radical (unpaired) electrons. The van der Waals surface area contributed by atoms with Gasteiger partial charge in [0.25, 0.3) is 0 Å². The van der Waals surface area contributed by atoms with Crippen LogP contribution in [0.1, 0.15) is 67.4 Å². The van der Waals surface area contributed by atoms with E-state index in [0.717, 1.165) is 68.0 Å². The summed E-state index contributed by atoms with van der Waals surface area (Å²) in [4.78, 5) is 17.8. The number of ether oxygens (including phenoxy) is 5. The minimum Gasteiger partial charge on any atom is -0.493 e. The average Bonchev–Trinajstić information content (AvgIpc) is 2.99. The number of fused-ring (bicyclic) bond motifs is 4. The highest BCUT2D eigenvalue weighted by Crippen LogP contribution is 2.49. The first kappa shape index (κ1) is 28.4. The molecule has 3 aliphatic heterocycles. The lowest BCUT2D eigenvalue weighted by Crippen LogP contribution is -2.47. The summed E-state index contributed by atoms with van der Waals surface area (Å²) in [5.74, 6) is 3.99. The lowest BCUT2D eigenvalue weighted by molar-refractivity contribution is 0.0279. The molecule has 0 spiro atoms. The number of piperidine rings is 1. The third-order valence-electron chi connectivity index (χ3n) is 9.33. The molecule has 0 N–H and O–H groups in total. The van der Waals surface area contributed by atoms with Gasteiger partial charge in [0.1, 0.15) is 0 Å². The van der Waals surface area contributed by atoms with E-state index < -0.39 is 0 Å². The van der Waals surface area contributed by atoms with Gasteiger partial charge in [-0.3, -0.25) is 4.90 Å². The summed E-state index contributed by atoms with van der Waals surface area (Å²) in [7, 11) is 6.73. The van der Waals surface area contributed by atoms with Gasteiger partial charge in [0.2, 0.25) is 0 Å². The van der Waals surface area contributed by atoms with Gasteiger partial charge in [-0.05, 0) is 91.0 Å². The van der Waals surface area contributed by atoms with E-state index in [1.807, 2.05) is 11.8 Å². The van der Waals surface area contributed by atoms with E-state index in [1.54, 1.807) is 28.4 Å². The van der Waals surface area contributed by atoms with E-state index >= 15 is 0 Å². The molecule has 3 aliphatic rings. The second kappa shape index (κ2) is 12.2. The maximum Gasteiger partial charge on any atom is 0.410 e. The minimum absolute atomic E-state index is 0.0818. The molecule has 2 aromatic carbocycles. The van der Waals surface area contributed by atoms with Crippen molar-refractivity contribution in [1.82, 2.24) is 9.80 Å². The van der Waals surface area contributed by atoms with Crippen molar-refractivity contribution in [2.24, 2.45) is 11.8 Å². The maximum atomic E-state index is 13.2. The van der Waals surface area contributed by atoms with Crippen LogP contribution < -0.4 is 18.9 Å². The Morgan fingerprint density at radius 2 is 1.38 bits per heavy atom. The van der Waals surface area contributed by atoms with Gasteiger partial charge in [-0.15, -0.1) is 0 Å². The number of nitrogens with zero attached hydrogens (tertiary/aromatic N) is 2. The Bertz CT molecular complexity index is 1220. The average molecular weight is 553 g/mol. The fraction of sp³-hybridized carbons (Fsp3) is 0.594. The minimum atomic E-state index is -0.238. The van der Waals surface area contributed by atoms with Gasteiger partial charge in [0.15, 0.2) is 23.0 Å². The first-order valence-electron chi connectivity index (χ1n) is 14.6. The molecule has 8 heteroatoms. The van der Waals surface area contributed by atoms with Crippen molar-refractivity contribution in [3.8, 4) is 23.0 Å². The van der Waals surface area contributed by atoms with Gasteiger partial charge in [0, 0.05) is 25.7 Å². The van der Waals surface area contributed by atoms with E-state index in [2.05, 4.69) is 36.1 Å². The van der Waals surface area contributed by atoms with E-state index in [9.17, 15) is 4.79 Å². The monoisotopic (exact) mass is 552 g/mol. The first-order chi connectivity index (χ1) is 19.5. The lowest BCUT2D eigenvalue weighted by atomic mass is 9.72. The van der Waals surface area contributed by atoms with Crippen molar-refractivity contribution < 1.29 is 28.5 Å². The molecule has 4 atom stereocenters. The van der Waals surface area contributed by atoms with Crippen molar-refractivity contribution in [3.63, 3.8) is 0 Å². The quantitative estimate of drug-likeness (QED) is 0.409. The molecule has 1 fully saturated rings. The molecular weight excluding hydrogens is 508 g/mol. The molecule has 8 nitrogen and oxygen atoms in total. The standard InChI is InChI=1S/C32H44N2O6/c1-7-20-19-33-11-9-21-15-28(36-3)30(38-5)17-24(21)26(33)13-23(20)14-27-25-18-31(39-6)29(37-4)16-22(25)10-12-34(27)32(35)40-8-2/h15-18,20,23,26-27H,7-14,19H2,1-6H3/t20-,23-,26-,27+/m0/s1. The molecular formula is C32H44N2O6. The van der Waals surface area contributed by atoms with E-state index in [1.165, 1.54) is 16.7 Å². The number of amides is 1. The van der Waals surface area contributed by atoms with Crippen LogP contribution in [0.2, 0.25) is 0 Å². The number of hydrogen-bond acceptors (Lipinski definition) is 7. The molecule has 3 heterocycles. The Morgan fingerprint density at radius 3 is 1.98 bits per heavy atom. The lowest BCUT2D eigenvalue weighted by Gasteiger charge is -2.49. The molecule has 2 aromatic rings. The SMILES string of the molecule is CCOC(=O)N1CCc2cc(OC)c(OC)cc2[C@H]1C[C@@H]1C[C@H]2c3cc(OC)c(OC)cc3CCN2C[C@@H]1CC. The largest absolute Gasteiger partial charge is 0.493 e. The third-order valence-corrected chi connectivity index (χ3v) is 9.33. The second-order valence-electron chi connectivity index (χ2n) is 11.1. The number of rotatable bonds is 8. The molecule has 0 aromatic heterocycles. The summed E-state index contributed by atoms with van der Waals surface area (Å²) in [6.07, 6.45) is 4.57. The summed E-state index contributed by atoms with van der Waals surface area (Å²) in [5, 5.41) is 0. The molecule has 0 aliphatic carbocycles. The zero-order valence-corrected chi connectivity index (χ0v) is 24.8. The Morgan fingerprint density at radius 1 is 0.800 bits per heavy atom. The van der Waals surface area contributed by atoms with Gasteiger partial charge in [-0.1, -0.05) is 13.3 Å². The predicted octanol–water partition coefficient (Wildman–Crippen LogP) is 5.81. The molecule has 218 valence electrons. The number of carbonyl (C=O) groups is 1. The van der Waals surface area contributed by atoms with Gasteiger partial charge in [-0.2, -0.15) is 0 Å². The van der Waals surface area contributed by atoms with E-state index in [4.69, 9.17) is 23.7 Å². The van der Waals surface area contributed by atoms with Crippen molar-refractivity contribution in [1.29, 1.82) is 0 Å². The molecule has 0 saturated carbocycles. The van der Waals surface area contributed by atoms with Crippen LogP contribution in [0.15, 0.2) is 24.3 Å². The zero-order chi connectivity index (χ0) is 28.4. The topological polar surface area (TPSA) is 69.7 Å². The summed E-state index contributed by atoms with van der Waals surface area (Å²) in [6.45, 7) is 7.27. The number of benzene rings is 2. The van der Waals surface area contributed by atoms with Crippen molar-refractivity contribution in [2.45, 2.75) is 58.0 Å². The highest BCUT2D eigenvalue weighted by Gasteiger charge is 2.42. The Kier molecular flexibility index (Phi) is 8.64. The molecule has 0 unspecified atom stereocenters. The van der Waals surface area contributed by atoms with Gasteiger partial charge in [0.05, 0.1) is 41.1 Å². The van der Waals surface area contributed by atoms with Crippen molar-refractivity contribution in [3.05, 3.63) is 46.5 Å². The molecule has 0 bridgehead atoms. The van der Waals surface area contributed by atoms with Crippen LogP contribution >= 0.6 is 0 Å². The van der Waals surface area contributed by atoms with Crippen LogP contribution in [-0.2, 0) is 17.6 Å². The normalized spacial score (nSPS) is 23.9. The van der Waals surface area contributed by atoms with E-state index in [-0.39, 0.29) is 12.1 Å². The van der Waals surface area contributed by atoms with Crippen LogP contribution in [0.3, 0.4) is 0 Å². The molecule has 5 rings (SSSR count). The summed E-state index contributed by atoms with van der Waals surface area (Å²) in [5.41, 5.74) is 5.06. The van der Waals surface area contributed by atoms with Gasteiger partial charge in [-0.25, -0.2) is 4.79 Å². The summed E-state index contributed by atoms with van der Waals surface area (Å²) in [6, 6.07) is 8.74. The smallest absolute Gasteiger partial charge is 0.410 e. The van der Waals surface area contributed by atoms with E-state index in [0.29, 0.717) is 36.8 Å². The Labute approximate surface area is 238 Å². The van der Waals surface area contributed by atoms with Crippen molar-refractivity contribution >= 4 is 6.09 Å². The van der Waals surface area contributed by atoms with Gasteiger partial charge < -0.3 is 28.6 Å². The van der Waals surface area contributed by atoms with Crippen LogP contribution in [0.4, 0.5) is 4.79 Å². The van der Waals surface area contributed by atoms with Crippen LogP contribution in [-0.4, -0.2) is 70.6 Å². The fourth-order valence-corrected chi connectivity index (χ4v) is 7.25. The predicted molar refractivity (Wildman–Crippen MR) is 154 cm³/mol. The number of carbonyl (C=O) groups excluding carboxylic acids is 1. The third kappa shape index (κ3) is 5.18. The van der Waals surface area contributed by atoms with Gasteiger partial charge >= 0.3 is 6.09 Å². The number of methoxy groups -OCH3 is 4. The van der Waals surface area contributed by atoms with Crippen LogP contribution in [0, 0.1) is 11.8 Å². The highest BCUT2D eigenvalue weighted by atomic mass is 16.6. The molecule has 40 heavy (non-hydrogen) atoms. The zero-order valence-electron chi connectivity index (χ0n) is 24.8. The maximum absolute atomic E-state index is 13.2.